The van der Waals surface area contributed by atoms with E-state index < -0.39 is 0 Å². The van der Waals surface area contributed by atoms with Crippen LogP contribution in [0.5, 0.6) is 5.75 Å². The van der Waals surface area contributed by atoms with Gasteiger partial charge in [0.05, 0.1) is 0 Å². The Kier molecular flexibility index (Phi) is 6.22. The van der Waals surface area contributed by atoms with Gasteiger partial charge in [-0.1, -0.05) is 48.2 Å². The highest BCUT2D eigenvalue weighted by Gasteiger charge is 2.19. The summed E-state index contributed by atoms with van der Waals surface area (Å²) in [7, 11) is 0. The quantitative estimate of drug-likeness (QED) is 0.495. The van der Waals surface area contributed by atoms with Gasteiger partial charge in [0.2, 0.25) is 0 Å². The van der Waals surface area contributed by atoms with Crippen LogP contribution in [0.1, 0.15) is 48.0 Å². The number of hydrogen-bond acceptors (Lipinski definition) is 4. The van der Waals surface area contributed by atoms with Gasteiger partial charge in [-0.05, 0) is 62.9 Å². The molecule has 0 bridgehead atoms. The third kappa shape index (κ3) is 4.35. The molecule has 0 amide bonds. The molecule has 27 heavy (non-hydrogen) atoms. The predicted octanol–water partition coefficient (Wildman–Crippen LogP) is 5.66. The third-order valence-electron chi connectivity index (χ3n) is 4.90. The molecule has 1 heterocycles. The van der Waals surface area contributed by atoms with Crippen molar-refractivity contribution in [1.82, 2.24) is 14.8 Å². The normalized spacial score (nSPS) is 12.2. The molecule has 3 aromatic rings. The van der Waals surface area contributed by atoms with E-state index in [1.807, 2.05) is 19.1 Å². The van der Waals surface area contributed by atoms with Crippen LogP contribution in [-0.2, 0) is 12.3 Å². The number of hydrogen-bond donors (Lipinski definition) is 0. The summed E-state index contributed by atoms with van der Waals surface area (Å²) in [4.78, 5) is 0. The number of benzene rings is 2. The largest absolute Gasteiger partial charge is 0.482 e. The van der Waals surface area contributed by atoms with Crippen molar-refractivity contribution < 1.29 is 4.74 Å². The van der Waals surface area contributed by atoms with E-state index >= 15 is 0 Å². The molecule has 1 aromatic heterocycles. The number of rotatable bonds is 7. The van der Waals surface area contributed by atoms with Crippen molar-refractivity contribution in [3.63, 3.8) is 0 Å². The molecule has 3 rings (SSSR count). The fourth-order valence-corrected chi connectivity index (χ4v) is 4.10. The van der Waals surface area contributed by atoms with Crippen LogP contribution in [0.15, 0.2) is 47.6 Å². The van der Waals surface area contributed by atoms with Crippen molar-refractivity contribution in [2.45, 2.75) is 58.2 Å². The molecule has 0 radical (unpaired) electrons. The van der Waals surface area contributed by atoms with Gasteiger partial charge in [0.25, 0.3) is 0 Å². The maximum Gasteiger partial charge on any atom is 0.191 e. The van der Waals surface area contributed by atoms with Crippen molar-refractivity contribution in [3.8, 4) is 5.75 Å². The molecule has 0 aliphatic rings. The number of thioether (sulfide) groups is 1. The van der Waals surface area contributed by atoms with Gasteiger partial charge in [-0.3, -0.25) is 0 Å². The van der Waals surface area contributed by atoms with Crippen LogP contribution in [0.3, 0.4) is 0 Å². The maximum atomic E-state index is 6.22. The lowest BCUT2D eigenvalue weighted by Crippen LogP contribution is -2.12. The van der Waals surface area contributed by atoms with E-state index in [-0.39, 0.29) is 6.10 Å². The van der Waals surface area contributed by atoms with E-state index in [1.165, 1.54) is 22.3 Å². The Bertz CT molecular complexity index is 920. The Morgan fingerprint density at radius 1 is 1.00 bits per heavy atom. The van der Waals surface area contributed by atoms with Crippen molar-refractivity contribution in [2.75, 3.05) is 0 Å². The number of ether oxygens (including phenoxy) is 1. The number of aryl methyl sites for hydroxylation is 2. The van der Waals surface area contributed by atoms with Gasteiger partial charge in [0.1, 0.15) is 5.75 Å². The first-order valence-corrected chi connectivity index (χ1v) is 10.3. The van der Waals surface area contributed by atoms with Crippen LogP contribution >= 0.6 is 11.8 Å². The van der Waals surface area contributed by atoms with Crippen LogP contribution in [0, 0.1) is 20.8 Å². The van der Waals surface area contributed by atoms with Gasteiger partial charge in [-0.15, -0.1) is 10.2 Å². The average Bonchev–Trinajstić information content (AvgIpc) is 3.08. The summed E-state index contributed by atoms with van der Waals surface area (Å²) in [6, 6.07) is 14.6. The summed E-state index contributed by atoms with van der Waals surface area (Å²) in [6.45, 7) is 11.3. The Morgan fingerprint density at radius 3 is 2.48 bits per heavy atom. The van der Waals surface area contributed by atoms with Gasteiger partial charge >= 0.3 is 0 Å². The van der Waals surface area contributed by atoms with Gasteiger partial charge in [-0.2, -0.15) is 0 Å². The summed E-state index contributed by atoms with van der Waals surface area (Å²) in [6.07, 6.45) is -0.161. The molecule has 0 fully saturated rings. The minimum atomic E-state index is -0.161. The van der Waals surface area contributed by atoms with Crippen molar-refractivity contribution in [2.24, 2.45) is 0 Å². The fourth-order valence-electron chi connectivity index (χ4n) is 3.01. The molecule has 1 atom stereocenters. The van der Waals surface area contributed by atoms with Crippen LogP contribution in [-0.4, -0.2) is 14.8 Å². The smallest absolute Gasteiger partial charge is 0.191 e. The summed E-state index contributed by atoms with van der Waals surface area (Å²) < 4.78 is 8.37. The Balaban J connectivity index is 1.76. The zero-order valence-corrected chi connectivity index (χ0v) is 17.5. The first kappa shape index (κ1) is 19.5. The SMILES string of the molecule is CCn1c(SCc2ccccc2C)nnc1C(C)Oc1cccc(C)c1C. The molecule has 0 N–H and O–H groups in total. The molecular weight excluding hydrogens is 354 g/mol. The lowest BCUT2D eigenvalue weighted by atomic mass is 10.1. The first-order chi connectivity index (χ1) is 13.0. The van der Waals surface area contributed by atoms with E-state index in [9.17, 15) is 0 Å². The first-order valence-electron chi connectivity index (χ1n) is 9.34. The highest BCUT2D eigenvalue weighted by molar-refractivity contribution is 7.98. The zero-order chi connectivity index (χ0) is 19.4. The second-order valence-corrected chi connectivity index (χ2v) is 7.70. The molecule has 5 heteroatoms. The topological polar surface area (TPSA) is 39.9 Å². The lowest BCUT2D eigenvalue weighted by molar-refractivity contribution is 0.208. The number of aromatic nitrogens is 3. The van der Waals surface area contributed by atoms with E-state index in [4.69, 9.17) is 4.74 Å². The average molecular weight is 382 g/mol. The molecular formula is C22H27N3OS. The van der Waals surface area contributed by atoms with E-state index in [2.05, 4.69) is 72.8 Å². The maximum absolute atomic E-state index is 6.22. The highest BCUT2D eigenvalue weighted by Crippen LogP contribution is 2.29. The van der Waals surface area contributed by atoms with E-state index in [0.29, 0.717) is 0 Å². The zero-order valence-electron chi connectivity index (χ0n) is 16.7. The highest BCUT2D eigenvalue weighted by atomic mass is 32.2. The Labute approximate surface area is 166 Å². The van der Waals surface area contributed by atoms with Crippen molar-refractivity contribution >= 4 is 11.8 Å². The van der Waals surface area contributed by atoms with Crippen LogP contribution < -0.4 is 4.74 Å². The van der Waals surface area contributed by atoms with Gasteiger partial charge < -0.3 is 9.30 Å². The molecule has 0 saturated carbocycles. The lowest BCUT2D eigenvalue weighted by Gasteiger charge is -2.17. The molecule has 4 nitrogen and oxygen atoms in total. The van der Waals surface area contributed by atoms with Gasteiger partial charge in [0, 0.05) is 12.3 Å². The van der Waals surface area contributed by atoms with E-state index in [1.54, 1.807) is 11.8 Å². The fraction of sp³-hybridized carbons (Fsp3) is 0.364. The molecule has 142 valence electrons. The summed E-state index contributed by atoms with van der Waals surface area (Å²) >= 11 is 1.72. The second kappa shape index (κ2) is 8.61. The Hall–Kier alpha value is -2.27. The molecule has 0 aliphatic heterocycles. The molecule has 0 spiro atoms. The minimum absolute atomic E-state index is 0.161. The van der Waals surface area contributed by atoms with Crippen molar-refractivity contribution in [3.05, 3.63) is 70.5 Å². The molecule has 0 aliphatic carbocycles. The standard InChI is InChI=1S/C22H27N3OS/c1-6-25-21(18(5)26-20-13-9-11-15(2)17(20)4)23-24-22(25)27-14-19-12-8-7-10-16(19)3/h7-13,18H,6,14H2,1-5H3. The van der Waals surface area contributed by atoms with Crippen LogP contribution in [0.2, 0.25) is 0 Å². The second-order valence-electron chi connectivity index (χ2n) is 6.76. The van der Waals surface area contributed by atoms with E-state index in [0.717, 1.165) is 29.0 Å². The number of nitrogens with zero attached hydrogens (tertiary/aromatic N) is 3. The molecule has 2 aromatic carbocycles. The molecule has 1 unspecified atom stereocenters. The summed E-state index contributed by atoms with van der Waals surface area (Å²) in [5.74, 6) is 2.66. The van der Waals surface area contributed by atoms with Gasteiger partial charge in [0.15, 0.2) is 17.1 Å². The minimum Gasteiger partial charge on any atom is -0.482 e. The summed E-state index contributed by atoms with van der Waals surface area (Å²) in [5.41, 5.74) is 5.03. The van der Waals surface area contributed by atoms with Crippen molar-refractivity contribution in [1.29, 1.82) is 0 Å². The van der Waals surface area contributed by atoms with Gasteiger partial charge in [-0.25, -0.2) is 0 Å². The molecule has 0 saturated heterocycles. The summed E-state index contributed by atoms with van der Waals surface area (Å²) in [5, 5.41) is 9.80. The monoisotopic (exact) mass is 381 g/mol. The Morgan fingerprint density at radius 2 is 1.74 bits per heavy atom. The van der Waals surface area contributed by atoms with Crippen LogP contribution in [0.25, 0.3) is 0 Å². The third-order valence-corrected chi connectivity index (χ3v) is 5.92. The predicted molar refractivity (Wildman–Crippen MR) is 111 cm³/mol. The van der Waals surface area contributed by atoms with Crippen LogP contribution in [0.4, 0.5) is 0 Å².